The predicted octanol–water partition coefficient (Wildman–Crippen LogP) is 4.54. The van der Waals surface area contributed by atoms with E-state index in [-0.39, 0.29) is 0 Å². The van der Waals surface area contributed by atoms with Crippen LogP contribution in [0.15, 0.2) is 18.2 Å². The molecular formula is C13H17Br. The van der Waals surface area contributed by atoms with E-state index in [4.69, 9.17) is 0 Å². The maximum Gasteiger partial charge on any atom is 0.0423 e. The quantitative estimate of drug-likeness (QED) is 0.679. The molecule has 0 bridgehead atoms. The monoisotopic (exact) mass is 252 g/mol. The van der Waals surface area contributed by atoms with Crippen molar-refractivity contribution in [2.45, 2.75) is 37.9 Å². The Balaban J connectivity index is 2.18. The highest BCUT2D eigenvalue weighted by molar-refractivity contribution is 9.09. The molecule has 14 heavy (non-hydrogen) atoms. The van der Waals surface area contributed by atoms with Crippen molar-refractivity contribution in [1.29, 1.82) is 0 Å². The summed E-state index contributed by atoms with van der Waals surface area (Å²) in [6.45, 7) is 4.37. The van der Waals surface area contributed by atoms with Gasteiger partial charge in [-0.25, -0.2) is 0 Å². The fourth-order valence-electron chi connectivity index (χ4n) is 1.94. The molecule has 0 aromatic heterocycles. The number of hydrogen-bond acceptors (Lipinski definition) is 0. The summed E-state index contributed by atoms with van der Waals surface area (Å²) in [6.07, 6.45) is 4.20. The van der Waals surface area contributed by atoms with Crippen LogP contribution >= 0.6 is 15.9 Å². The zero-order valence-corrected chi connectivity index (χ0v) is 10.5. The highest BCUT2D eigenvalue weighted by Crippen LogP contribution is 2.43. The van der Waals surface area contributed by atoms with Crippen LogP contribution in [0.1, 0.15) is 40.8 Å². The van der Waals surface area contributed by atoms with Gasteiger partial charge < -0.3 is 0 Å². The second kappa shape index (κ2) is 4.06. The van der Waals surface area contributed by atoms with Gasteiger partial charge in [-0.05, 0) is 49.3 Å². The lowest BCUT2D eigenvalue weighted by molar-refractivity contribution is 0.312. The Morgan fingerprint density at radius 3 is 2.43 bits per heavy atom. The van der Waals surface area contributed by atoms with Crippen LogP contribution in [-0.4, -0.2) is 0 Å². The summed E-state index contributed by atoms with van der Waals surface area (Å²) in [6, 6.07) is 6.82. The molecule has 0 heterocycles. The second-order valence-corrected chi connectivity index (χ2v) is 5.42. The van der Waals surface area contributed by atoms with Crippen LogP contribution in [0.2, 0.25) is 0 Å². The van der Waals surface area contributed by atoms with Gasteiger partial charge in [0, 0.05) is 4.83 Å². The Bertz CT molecular complexity index is 326. The van der Waals surface area contributed by atoms with Crippen molar-refractivity contribution in [3.63, 3.8) is 0 Å². The van der Waals surface area contributed by atoms with Crippen LogP contribution in [0, 0.1) is 19.8 Å². The third kappa shape index (κ3) is 1.88. The number of aryl methyl sites for hydroxylation is 2. The third-order valence-electron chi connectivity index (χ3n) is 3.41. The van der Waals surface area contributed by atoms with E-state index < -0.39 is 0 Å². The van der Waals surface area contributed by atoms with E-state index in [1.54, 1.807) is 0 Å². The number of hydrogen-bond donors (Lipinski definition) is 0. The number of benzene rings is 1. The molecule has 1 aromatic carbocycles. The van der Waals surface area contributed by atoms with E-state index in [2.05, 4.69) is 48.0 Å². The van der Waals surface area contributed by atoms with Crippen LogP contribution in [-0.2, 0) is 0 Å². The minimum Gasteiger partial charge on any atom is -0.0836 e. The van der Waals surface area contributed by atoms with E-state index >= 15 is 0 Å². The molecule has 1 atom stereocenters. The first-order valence-corrected chi connectivity index (χ1v) is 6.31. The normalized spacial score (nSPS) is 19.1. The lowest BCUT2D eigenvalue weighted by atomic mass is 9.80. The molecule has 0 saturated heterocycles. The lowest BCUT2D eigenvalue weighted by Gasteiger charge is -2.30. The standard InChI is InChI=1S/C13H17Br/c1-9-6-7-12(8-10(9)2)13(14)11-4-3-5-11/h6-8,11,13H,3-5H2,1-2H3. The van der Waals surface area contributed by atoms with Crippen LogP contribution in [0.25, 0.3) is 0 Å². The van der Waals surface area contributed by atoms with Crippen LogP contribution in [0.4, 0.5) is 0 Å². The van der Waals surface area contributed by atoms with E-state index in [0.717, 1.165) is 5.92 Å². The molecule has 0 nitrogen and oxygen atoms in total. The van der Waals surface area contributed by atoms with Crippen molar-refractivity contribution in [3.8, 4) is 0 Å². The van der Waals surface area contributed by atoms with Gasteiger partial charge in [0.2, 0.25) is 0 Å². The third-order valence-corrected chi connectivity index (χ3v) is 4.69. The molecule has 1 saturated carbocycles. The summed E-state index contributed by atoms with van der Waals surface area (Å²) in [5.74, 6) is 0.872. The maximum atomic E-state index is 3.82. The first kappa shape index (κ1) is 10.2. The van der Waals surface area contributed by atoms with Gasteiger partial charge in [0.05, 0.1) is 0 Å². The lowest BCUT2D eigenvalue weighted by Crippen LogP contribution is -2.16. The van der Waals surface area contributed by atoms with Crippen molar-refractivity contribution in [2.24, 2.45) is 5.92 Å². The molecule has 76 valence electrons. The fourth-order valence-corrected chi connectivity index (χ4v) is 2.75. The predicted molar refractivity (Wildman–Crippen MR) is 64.9 cm³/mol. The fraction of sp³-hybridized carbons (Fsp3) is 0.538. The van der Waals surface area contributed by atoms with E-state index in [0.29, 0.717) is 4.83 Å². The molecule has 1 unspecified atom stereocenters. The van der Waals surface area contributed by atoms with Gasteiger partial charge in [0.25, 0.3) is 0 Å². The zero-order chi connectivity index (χ0) is 10.1. The molecule has 0 aliphatic heterocycles. The Labute approximate surface area is 94.8 Å². The van der Waals surface area contributed by atoms with E-state index in [1.165, 1.54) is 36.0 Å². The summed E-state index contributed by atoms with van der Waals surface area (Å²) in [5, 5.41) is 0. The van der Waals surface area contributed by atoms with Crippen LogP contribution in [0.5, 0.6) is 0 Å². The highest BCUT2D eigenvalue weighted by Gasteiger charge is 2.26. The summed E-state index contributed by atoms with van der Waals surface area (Å²) in [5.41, 5.74) is 4.26. The van der Waals surface area contributed by atoms with Gasteiger partial charge in [-0.2, -0.15) is 0 Å². The van der Waals surface area contributed by atoms with Crippen molar-refractivity contribution in [2.75, 3.05) is 0 Å². The van der Waals surface area contributed by atoms with E-state index in [1.807, 2.05) is 0 Å². The smallest absolute Gasteiger partial charge is 0.0423 e. The first-order valence-electron chi connectivity index (χ1n) is 5.39. The molecule has 0 amide bonds. The van der Waals surface area contributed by atoms with Crippen molar-refractivity contribution in [3.05, 3.63) is 34.9 Å². The highest BCUT2D eigenvalue weighted by atomic mass is 79.9. The van der Waals surface area contributed by atoms with Crippen molar-refractivity contribution >= 4 is 15.9 Å². The Morgan fingerprint density at radius 2 is 1.93 bits per heavy atom. The number of halogens is 1. The zero-order valence-electron chi connectivity index (χ0n) is 8.89. The van der Waals surface area contributed by atoms with Gasteiger partial charge in [0.15, 0.2) is 0 Å². The summed E-state index contributed by atoms with van der Waals surface area (Å²) >= 11 is 3.82. The molecule has 2 rings (SSSR count). The number of alkyl halides is 1. The van der Waals surface area contributed by atoms with Crippen molar-refractivity contribution in [1.82, 2.24) is 0 Å². The van der Waals surface area contributed by atoms with Crippen LogP contribution < -0.4 is 0 Å². The second-order valence-electron chi connectivity index (χ2n) is 4.44. The van der Waals surface area contributed by atoms with Crippen LogP contribution in [0.3, 0.4) is 0 Å². The Morgan fingerprint density at radius 1 is 1.21 bits per heavy atom. The summed E-state index contributed by atoms with van der Waals surface area (Å²) in [7, 11) is 0. The molecule has 1 aliphatic rings. The average Bonchev–Trinajstić information content (AvgIpc) is 2.06. The Kier molecular flexibility index (Phi) is 2.96. The van der Waals surface area contributed by atoms with Crippen molar-refractivity contribution < 1.29 is 0 Å². The minimum absolute atomic E-state index is 0.579. The molecule has 1 heteroatoms. The molecule has 0 radical (unpaired) electrons. The summed E-state index contributed by atoms with van der Waals surface area (Å²) in [4.78, 5) is 0.579. The topological polar surface area (TPSA) is 0 Å². The van der Waals surface area contributed by atoms with Gasteiger partial charge >= 0.3 is 0 Å². The SMILES string of the molecule is Cc1ccc(C(Br)C2CCC2)cc1C. The largest absolute Gasteiger partial charge is 0.0836 e. The van der Waals surface area contributed by atoms with E-state index in [9.17, 15) is 0 Å². The molecule has 1 fully saturated rings. The molecule has 1 aliphatic carbocycles. The Hall–Kier alpha value is -0.300. The van der Waals surface area contributed by atoms with Gasteiger partial charge in [-0.3, -0.25) is 0 Å². The average molecular weight is 253 g/mol. The molecular weight excluding hydrogens is 236 g/mol. The summed E-state index contributed by atoms with van der Waals surface area (Å²) < 4.78 is 0. The van der Waals surface area contributed by atoms with Gasteiger partial charge in [0.1, 0.15) is 0 Å². The molecule has 0 N–H and O–H groups in total. The number of rotatable bonds is 2. The van der Waals surface area contributed by atoms with Gasteiger partial charge in [-0.15, -0.1) is 0 Å². The first-order chi connectivity index (χ1) is 6.68. The maximum absolute atomic E-state index is 3.82. The molecule has 1 aromatic rings. The molecule has 0 spiro atoms. The minimum atomic E-state index is 0.579. The van der Waals surface area contributed by atoms with Gasteiger partial charge in [-0.1, -0.05) is 40.5 Å².